The van der Waals surface area contributed by atoms with Gasteiger partial charge in [-0.15, -0.1) is 0 Å². The molecule has 0 saturated carbocycles. The summed E-state index contributed by atoms with van der Waals surface area (Å²) in [5.41, 5.74) is 1.17. The predicted molar refractivity (Wildman–Crippen MR) is 76.2 cm³/mol. The molecule has 1 aromatic rings. The second-order valence-corrected chi connectivity index (χ2v) is 5.69. The van der Waals surface area contributed by atoms with E-state index in [0.717, 1.165) is 18.0 Å². The van der Waals surface area contributed by atoms with Crippen molar-refractivity contribution in [2.75, 3.05) is 6.54 Å². The lowest BCUT2D eigenvalue weighted by Crippen LogP contribution is -2.54. The van der Waals surface area contributed by atoms with Gasteiger partial charge in [0.05, 0.1) is 6.10 Å². The van der Waals surface area contributed by atoms with Crippen LogP contribution in [0.25, 0.3) is 0 Å². The van der Waals surface area contributed by atoms with Gasteiger partial charge in [-0.3, -0.25) is 9.69 Å². The van der Waals surface area contributed by atoms with E-state index in [1.165, 1.54) is 5.56 Å². The lowest BCUT2D eigenvalue weighted by molar-refractivity contribution is -0.160. The van der Waals surface area contributed by atoms with Crippen LogP contribution in [-0.2, 0) is 9.53 Å². The van der Waals surface area contributed by atoms with Gasteiger partial charge in [0.15, 0.2) is 0 Å². The Kier molecular flexibility index (Phi) is 4.48. The summed E-state index contributed by atoms with van der Waals surface area (Å²) >= 11 is 5.89. The number of likely N-dealkylation sites (tertiary alicyclic amines) is 1. The summed E-state index contributed by atoms with van der Waals surface area (Å²) in [6, 6.07) is 7.89. The Labute approximate surface area is 119 Å². The molecule has 2 unspecified atom stereocenters. The monoisotopic (exact) mass is 281 g/mol. The Morgan fingerprint density at radius 3 is 2.42 bits per heavy atom. The van der Waals surface area contributed by atoms with E-state index in [-0.39, 0.29) is 24.2 Å². The van der Waals surface area contributed by atoms with Crippen molar-refractivity contribution in [3.05, 3.63) is 34.9 Å². The molecule has 19 heavy (non-hydrogen) atoms. The van der Waals surface area contributed by atoms with Gasteiger partial charge in [-0.05, 0) is 44.9 Å². The molecule has 2 atom stereocenters. The number of esters is 1. The predicted octanol–water partition coefficient (Wildman–Crippen LogP) is 3.43. The molecule has 0 radical (unpaired) electrons. The van der Waals surface area contributed by atoms with Crippen molar-refractivity contribution >= 4 is 17.6 Å². The molecule has 0 amide bonds. The van der Waals surface area contributed by atoms with Gasteiger partial charge in [0.2, 0.25) is 0 Å². The number of hydrogen-bond acceptors (Lipinski definition) is 3. The number of halogens is 1. The average Bonchev–Trinajstić information content (AvgIpc) is 2.26. The molecule has 2 rings (SSSR count). The number of ether oxygens (including phenoxy) is 1. The van der Waals surface area contributed by atoms with Crippen LogP contribution in [-0.4, -0.2) is 29.6 Å². The largest absolute Gasteiger partial charge is 0.462 e. The van der Waals surface area contributed by atoms with E-state index in [2.05, 4.69) is 11.8 Å². The summed E-state index contributed by atoms with van der Waals surface area (Å²) in [6.45, 7) is 6.80. The Balaban J connectivity index is 2.02. The number of benzene rings is 1. The van der Waals surface area contributed by atoms with Gasteiger partial charge in [0.25, 0.3) is 0 Å². The second-order valence-electron chi connectivity index (χ2n) is 5.26. The zero-order valence-electron chi connectivity index (χ0n) is 11.6. The van der Waals surface area contributed by atoms with Gasteiger partial charge >= 0.3 is 5.97 Å². The molecule has 1 aliphatic heterocycles. The third kappa shape index (κ3) is 3.28. The normalized spacial score (nSPS) is 21.0. The van der Waals surface area contributed by atoms with Crippen LogP contribution in [0.15, 0.2) is 24.3 Å². The molecule has 1 heterocycles. The molecular weight excluding hydrogens is 262 g/mol. The highest BCUT2D eigenvalue weighted by molar-refractivity contribution is 6.30. The van der Waals surface area contributed by atoms with E-state index in [0.29, 0.717) is 0 Å². The highest BCUT2D eigenvalue weighted by Crippen LogP contribution is 2.31. The fourth-order valence-corrected chi connectivity index (χ4v) is 2.49. The first-order valence-corrected chi connectivity index (χ1v) is 7.08. The Morgan fingerprint density at radius 2 is 1.95 bits per heavy atom. The maximum atomic E-state index is 12.0. The smallest absolute Gasteiger partial charge is 0.323 e. The van der Waals surface area contributed by atoms with E-state index in [1.54, 1.807) is 0 Å². The van der Waals surface area contributed by atoms with Gasteiger partial charge < -0.3 is 4.74 Å². The summed E-state index contributed by atoms with van der Waals surface area (Å²) in [7, 11) is 0. The molecule has 0 bridgehead atoms. The molecule has 0 N–H and O–H groups in total. The molecular formula is C15H20ClNO2. The molecule has 4 heteroatoms. The second kappa shape index (κ2) is 5.93. The Bertz CT molecular complexity index is 444. The van der Waals surface area contributed by atoms with Crippen LogP contribution in [0.3, 0.4) is 0 Å². The first kappa shape index (κ1) is 14.4. The van der Waals surface area contributed by atoms with Gasteiger partial charge in [-0.25, -0.2) is 0 Å². The van der Waals surface area contributed by atoms with Crippen LogP contribution < -0.4 is 0 Å². The van der Waals surface area contributed by atoms with Crippen LogP contribution in [0, 0.1) is 0 Å². The Hall–Kier alpha value is -1.06. The minimum Gasteiger partial charge on any atom is -0.462 e. The summed E-state index contributed by atoms with van der Waals surface area (Å²) in [5.74, 6) is -0.109. The third-order valence-electron chi connectivity index (χ3n) is 3.53. The highest BCUT2D eigenvalue weighted by Gasteiger charge is 2.38. The number of carbonyl (C=O) groups is 1. The summed E-state index contributed by atoms with van der Waals surface area (Å²) < 4.78 is 5.29. The quantitative estimate of drug-likeness (QED) is 0.792. The molecule has 0 aromatic heterocycles. The van der Waals surface area contributed by atoms with Gasteiger partial charge in [-0.2, -0.15) is 0 Å². The van der Waals surface area contributed by atoms with Crippen molar-refractivity contribution in [1.82, 2.24) is 4.90 Å². The topological polar surface area (TPSA) is 29.5 Å². The fraction of sp³-hybridized carbons (Fsp3) is 0.533. The van der Waals surface area contributed by atoms with E-state index in [4.69, 9.17) is 16.3 Å². The number of hydrogen-bond donors (Lipinski definition) is 0. The number of carbonyl (C=O) groups excluding carboxylic acids is 1. The lowest BCUT2D eigenvalue weighted by Gasteiger charge is -2.43. The van der Waals surface area contributed by atoms with Crippen molar-refractivity contribution in [2.45, 2.75) is 45.4 Å². The van der Waals surface area contributed by atoms with Crippen molar-refractivity contribution in [3.63, 3.8) is 0 Å². The molecule has 1 fully saturated rings. The van der Waals surface area contributed by atoms with E-state index < -0.39 is 0 Å². The van der Waals surface area contributed by atoms with Gasteiger partial charge in [-0.1, -0.05) is 23.7 Å². The summed E-state index contributed by atoms with van der Waals surface area (Å²) in [4.78, 5) is 14.1. The van der Waals surface area contributed by atoms with E-state index >= 15 is 0 Å². The molecule has 1 aliphatic rings. The molecule has 0 aliphatic carbocycles. The maximum Gasteiger partial charge on any atom is 0.323 e. The molecule has 0 spiro atoms. The first-order valence-electron chi connectivity index (χ1n) is 6.70. The van der Waals surface area contributed by atoms with E-state index in [9.17, 15) is 4.79 Å². The van der Waals surface area contributed by atoms with Crippen LogP contribution in [0.5, 0.6) is 0 Å². The van der Waals surface area contributed by atoms with Crippen molar-refractivity contribution in [3.8, 4) is 0 Å². The summed E-state index contributed by atoms with van der Waals surface area (Å²) in [6.07, 6.45) is 0.824. The molecule has 1 saturated heterocycles. The third-order valence-corrected chi connectivity index (χ3v) is 3.79. The van der Waals surface area contributed by atoms with Crippen molar-refractivity contribution in [2.24, 2.45) is 0 Å². The average molecular weight is 282 g/mol. The zero-order chi connectivity index (χ0) is 14.0. The fourth-order valence-electron chi connectivity index (χ4n) is 2.37. The maximum absolute atomic E-state index is 12.0. The number of nitrogens with zero attached hydrogens (tertiary/aromatic N) is 1. The minimum atomic E-state index is -0.109. The zero-order valence-corrected chi connectivity index (χ0v) is 12.4. The van der Waals surface area contributed by atoms with Gasteiger partial charge in [0.1, 0.15) is 6.04 Å². The minimum absolute atomic E-state index is 0.0548. The molecule has 104 valence electrons. The van der Waals surface area contributed by atoms with Crippen molar-refractivity contribution in [1.29, 1.82) is 0 Å². The first-order chi connectivity index (χ1) is 8.99. The van der Waals surface area contributed by atoms with Gasteiger partial charge in [0, 0.05) is 17.6 Å². The lowest BCUT2D eigenvalue weighted by atomic mass is 9.96. The van der Waals surface area contributed by atoms with Crippen molar-refractivity contribution < 1.29 is 9.53 Å². The van der Waals surface area contributed by atoms with Crippen LogP contribution in [0.2, 0.25) is 5.02 Å². The SMILES string of the molecule is CC(C)OC(=O)C1CCN1C(C)c1ccc(Cl)cc1. The number of rotatable bonds is 4. The van der Waals surface area contributed by atoms with Crippen LogP contribution in [0.4, 0.5) is 0 Å². The molecule has 3 nitrogen and oxygen atoms in total. The van der Waals surface area contributed by atoms with Crippen LogP contribution in [0.1, 0.15) is 38.8 Å². The summed E-state index contributed by atoms with van der Waals surface area (Å²) in [5, 5.41) is 0.732. The molecule has 1 aromatic carbocycles. The van der Waals surface area contributed by atoms with E-state index in [1.807, 2.05) is 38.1 Å². The van der Waals surface area contributed by atoms with Crippen LogP contribution >= 0.6 is 11.6 Å². The standard InChI is InChI=1S/C15H20ClNO2/c1-10(2)19-15(18)14-8-9-17(14)11(3)12-4-6-13(16)7-5-12/h4-7,10-11,14H,8-9H2,1-3H3. The Morgan fingerprint density at radius 1 is 1.32 bits per heavy atom. The highest BCUT2D eigenvalue weighted by atomic mass is 35.5.